The average molecular weight is 205 g/mol. The number of rotatable bonds is 1. The Bertz CT molecular complexity index is 372. The van der Waals surface area contributed by atoms with Crippen LogP contribution >= 0.6 is 0 Å². The van der Waals surface area contributed by atoms with Crippen LogP contribution in [0.1, 0.15) is 13.8 Å². The van der Waals surface area contributed by atoms with E-state index in [4.69, 9.17) is 0 Å². The molecule has 0 aliphatic carbocycles. The lowest BCUT2D eigenvalue weighted by molar-refractivity contribution is -0.126. The van der Waals surface area contributed by atoms with Gasteiger partial charge in [-0.05, 0) is 12.1 Å². The Kier molecular flexibility index (Phi) is 2.27. The molecule has 0 saturated carbocycles. The summed E-state index contributed by atoms with van der Waals surface area (Å²) in [6.45, 7) is 4.37. The van der Waals surface area contributed by atoms with E-state index in [0.29, 0.717) is 6.54 Å². The van der Waals surface area contributed by atoms with E-state index in [2.05, 4.69) is 0 Å². The number of benzene rings is 1. The van der Waals surface area contributed by atoms with E-state index in [9.17, 15) is 9.90 Å². The summed E-state index contributed by atoms with van der Waals surface area (Å²) in [5.74, 6) is -0.203. The standard InChI is InChI=1S/C12H15NO2/c1-12(2)8-13(11(15)10(12)14)9-6-4-3-5-7-9/h3-7,10,14H,8H2,1-2H3/t10-/m0/s1. The molecule has 3 heteroatoms. The van der Waals surface area contributed by atoms with Crippen LogP contribution in [-0.2, 0) is 4.79 Å². The maximum Gasteiger partial charge on any atom is 0.256 e. The van der Waals surface area contributed by atoms with E-state index in [1.807, 2.05) is 44.2 Å². The highest BCUT2D eigenvalue weighted by Crippen LogP contribution is 2.33. The summed E-state index contributed by atoms with van der Waals surface area (Å²) in [6.07, 6.45) is -0.891. The van der Waals surface area contributed by atoms with Crippen LogP contribution in [0.3, 0.4) is 0 Å². The van der Waals surface area contributed by atoms with Crippen molar-refractivity contribution in [3.8, 4) is 0 Å². The Hall–Kier alpha value is -1.35. The second-order valence-corrected chi connectivity index (χ2v) is 4.65. The van der Waals surface area contributed by atoms with E-state index in [1.54, 1.807) is 4.90 Å². The molecule has 1 heterocycles. The fourth-order valence-corrected chi connectivity index (χ4v) is 1.88. The summed E-state index contributed by atoms with van der Waals surface area (Å²) in [6, 6.07) is 9.45. The number of aliphatic hydroxyl groups excluding tert-OH is 1. The van der Waals surface area contributed by atoms with Gasteiger partial charge in [-0.25, -0.2) is 0 Å². The van der Waals surface area contributed by atoms with E-state index in [1.165, 1.54) is 0 Å². The average Bonchev–Trinajstić information content (AvgIpc) is 2.44. The molecule has 1 fully saturated rings. The molecular weight excluding hydrogens is 190 g/mol. The fraction of sp³-hybridized carbons (Fsp3) is 0.417. The minimum Gasteiger partial charge on any atom is -0.383 e. The number of para-hydroxylation sites is 1. The minimum atomic E-state index is -0.891. The van der Waals surface area contributed by atoms with Crippen molar-refractivity contribution in [2.24, 2.45) is 5.41 Å². The zero-order valence-electron chi connectivity index (χ0n) is 8.97. The van der Waals surface area contributed by atoms with Gasteiger partial charge in [0.15, 0.2) is 0 Å². The molecule has 0 aromatic heterocycles. The molecular formula is C12H15NO2. The first-order chi connectivity index (χ1) is 7.02. The Labute approximate surface area is 89.3 Å². The van der Waals surface area contributed by atoms with Gasteiger partial charge in [0.05, 0.1) is 0 Å². The number of anilines is 1. The highest BCUT2D eigenvalue weighted by molar-refractivity contribution is 5.99. The molecule has 0 radical (unpaired) electrons. The number of amides is 1. The van der Waals surface area contributed by atoms with Gasteiger partial charge in [0.2, 0.25) is 0 Å². The number of hydrogen-bond donors (Lipinski definition) is 1. The van der Waals surface area contributed by atoms with Crippen molar-refractivity contribution >= 4 is 11.6 Å². The van der Waals surface area contributed by atoms with Crippen LogP contribution in [0.5, 0.6) is 0 Å². The van der Waals surface area contributed by atoms with Crippen LogP contribution < -0.4 is 4.90 Å². The lowest BCUT2D eigenvalue weighted by atomic mass is 9.90. The van der Waals surface area contributed by atoms with Crippen molar-refractivity contribution in [2.45, 2.75) is 20.0 Å². The van der Waals surface area contributed by atoms with Gasteiger partial charge in [-0.2, -0.15) is 0 Å². The molecule has 80 valence electrons. The minimum absolute atomic E-state index is 0.203. The van der Waals surface area contributed by atoms with Crippen LogP contribution in [-0.4, -0.2) is 23.7 Å². The summed E-state index contributed by atoms with van der Waals surface area (Å²) in [4.78, 5) is 13.4. The largest absolute Gasteiger partial charge is 0.383 e. The summed E-state index contributed by atoms with van der Waals surface area (Å²) >= 11 is 0. The molecule has 0 unspecified atom stereocenters. The highest BCUT2D eigenvalue weighted by atomic mass is 16.3. The number of carbonyl (C=O) groups is 1. The third kappa shape index (κ3) is 1.63. The monoisotopic (exact) mass is 205 g/mol. The Morgan fingerprint density at radius 2 is 1.93 bits per heavy atom. The zero-order valence-corrected chi connectivity index (χ0v) is 8.97. The molecule has 1 amide bonds. The van der Waals surface area contributed by atoms with E-state index in [-0.39, 0.29) is 11.3 Å². The third-order valence-corrected chi connectivity index (χ3v) is 2.87. The lowest BCUT2D eigenvalue weighted by Crippen LogP contribution is -2.30. The topological polar surface area (TPSA) is 40.5 Å². The van der Waals surface area contributed by atoms with Crippen molar-refractivity contribution in [3.05, 3.63) is 30.3 Å². The Balaban J connectivity index is 2.31. The zero-order chi connectivity index (χ0) is 11.1. The van der Waals surface area contributed by atoms with Gasteiger partial charge in [-0.1, -0.05) is 32.0 Å². The molecule has 0 bridgehead atoms. The first kappa shape index (κ1) is 10.2. The molecule has 1 aromatic carbocycles. The molecule has 1 aromatic rings. The van der Waals surface area contributed by atoms with Crippen LogP contribution in [0.25, 0.3) is 0 Å². The molecule has 1 N–H and O–H groups in total. The Morgan fingerprint density at radius 1 is 1.33 bits per heavy atom. The summed E-state index contributed by atoms with van der Waals surface area (Å²) in [5.41, 5.74) is 0.486. The molecule has 1 aliphatic rings. The van der Waals surface area contributed by atoms with Gasteiger partial charge >= 0.3 is 0 Å². The van der Waals surface area contributed by atoms with Crippen molar-refractivity contribution in [1.29, 1.82) is 0 Å². The molecule has 1 saturated heterocycles. The van der Waals surface area contributed by atoms with Crippen LogP contribution in [0, 0.1) is 5.41 Å². The first-order valence-corrected chi connectivity index (χ1v) is 5.07. The number of aliphatic hydroxyl groups is 1. The normalized spacial score (nSPS) is 24.6. The quantitative estimate of drug-likeness (QED) is 0.753. The van der Waals surface area contributed by atoms with Crippen molar-refractivity contribution in [1.82, 2.24) is 0 Å². The molecule has 2 rings (SSSR count). The smallest absolute Gasteiger partial charge is 0.256 e. The maximum absolute atomic E-state index is 11.8. The summed E-state index contributed by atoms with van der Waals surface area (Å²) in [5, 5.41) is 9.77. The predicted molar refractivity (Wildman–Crippen MR) is 58.6 cm³/mol. The van der Waals surface area contributed by atoms with Gasteiger partial charge in [0.25, 0.3) is 5.91 Å². The summed E-state index contributed by atoms with van der Waals surface area (Å²) in [7, 11) is 0. The van der Waals surface area contributed by atoms with Gasteiger partial charge in [0.1, 0.15) is 6.10 Å². The Morgan fingerprint density at radius 3 is 2.40 bits per heavy atom. The van der Waals surface area contributed by atoms with Gasteiger partial charge in [-0.3, -0.25) is 4.79 Å². The molecule has 15 heavy (non-hydrogen) atoms. The van der Waals surface area contributed by atoms with Crippen molar-refractivity contribution in [2.75, 3.05) is 11.4 Å². The van der Waals surface area contributed by atoms with E-state index < -0.39 is 6.10 Å². The van der Waals surface area contributed by atoms with E-state index in [0.717, 1.165) is 5.69 Å². The lowest BCUT2D eigenvalue weighted by Gasteiger charge is -2.19. The van der Waals surface area contributed by atoms with Crippen molar-refractivity contribution < 1.29 is 9.90 Å². The van der Waals surface area contributed by atoms with Crippen LogP contribution in [0.15, 0.2) is 30.3 Å². The van der Waals surface area contributed by atoms with Gasteiger partial charge in [0, 0.05) is 17.6 Å². The van der Waals surface area contributed by atoms with E-state index >= 15 is 0 Å². The number of nitrogens with zero attached hydrogens (tertiary/aromatic N) is 1. The van der Waals surface area contributed by atoms with Crippen molar-refractivity contribution in [3.63, 3.8) is 0 Å². The third-order valence-electron chi connectivity index (χ3n) is 2.87. The molecule has 1 aliphatic heterocycles. The van der Waals surface area contributed by atoms with Gasteiger partial charge in [-0.15, -0.1) is 0 Å². The predicted octanol–water partition coefficient (Wildman–Crippen LogP) is 1.42. The second-order valence-electron chi connectivity index (χ2n) is 4.65. The SMILES string of the molecule is CC1(C)CN(c2ccccc2)C(=O)[C@@H]1O. The summed E-state index contributed by atoms with van der Waals surface area (Å²) < 4.78 is 0. The molecule has 1 atom stereocenters. The van der Waals surface area contributed by atoms with Crippen LogP contribution in [0.4, 0.5) is 5.69 Å². The number of carbonyl (C=O) groups excluding carboxylic acids is 1. The molecule has 3 nitrogen and oxygen atoms in total. The highest BCUT2D eigenvalue weighted by Gasteiger charge is 2.45. The first-order valence-electron chi connectivity index (χ1n) is 5.07. The van der Waals surface area contributed by atoms with Crippen LogP contribution in [0.2, 0.25) is 0 Å². The fourth-order valence-electron chi connectivity index (χ4n) is 1.88. The van der Waals surface area contributed by atoms with Gasteiger partial charge < -0.3 is 10.0 Å². The molecule has 0 spiro atoms. The maximum atomic E-state index is 11.8. The second kappa shape index (κ2) is 3.35. The number of hydrogen-bond acceptors (Lipinski definition) is 2.